The molecule has 0 atom stereocenters. The maximum Gasteiger partial charge on any atom is 0.232 e. The van der Waals surface area contributed by atoms with Crippen molar-refractivity contribution in [2.45, 2.75) is 46.2 Å². The van der Waals surface area contributed by atoms with E-state index in [9.17, 15) is 4.39 Å². The minimum atomic E-state index is -0.323. The Bertz CT molecular complexity index is 884. The maximum absolute atomic E-state index is 14.0. The average Bonchev–Trinajstić information content (AvgIpc) is 3.22. The summed E-state index contributed by atoms with van der Waals surface area (Å²) < 4.78 is 24.3. The normalized spacial score (nSPS) is 15.9. The van der Waals surface area contributed by atoms with Crippen molar-refractivity contribution in [3.05, 3.63) is 41.3 Å². The Balaban J connectivity index is 1.57. The molecule has 0 unspecified atom stereocenters. The second-order valence-electron chi connectivity index (χ2n) is 8.67. The fourth-order valence-electron chi connectivity index (χ4n) is 3.38. The summed E-state index contributed by atoms with van der Waals surface area (Å²) in [5.41, 5.74) is 0.766. The molecule has 1 fully saturated rings. The first kappa shape index (κ1) is 23.0. The van der Waals surface area contributed by atoms with Crippen molar-refractivity contribution in [3.8, 4) is 5.75 Å². The van der Waals surface area contributed by atoms with Crippen LogP contribution in [0.2, 0.25) is 0 Å². The van der Waals surface area contributed by atoms with E-state index in [4.69, 9.17) is 14.3 Å². The molecular formula is C22H33FN6O2. The summed E-state index contributed by atoms with van der Waals surface area (Å²) in [4.78, 5) is 13.7. The zero-order chi connectivity index (χ0) is 22.4. The summed E-state index contributed by atoms with van der Waals surface area (Å²) in [7, 11) is 1.48. The number of rotatable bonds is 6. The van der Waals surface area contributed by atoms with E-state index in [0.29, 0.717) is 24.8 Å². The van der Waals surface area contributed by atoms with E-state index in [0.717, 1.165) is 44.2 Å². The molecule has 0 spiro atoms. The average molecular weight is 433 g/mol. The van der Waals surface area contributed by atoms with Gasteiger partial charge in [-0.25, -0.2) is 9.38 Å². The van der Waals surface area contributed by atoms with Gasteiger partial charge < -0.3 is 19.5 Å². The van der Waals surface area contributed by atoms with Gasteiger partial charge in [0.25, 0.3) is 0 Å². The van der Waals surface area contributed by atoms with Crippen molar-refractivity contribution in [2.24, 2.45) is 4.99 Å². The van der Waals surface area contributed by atoms with E-state index < -0.39 is 0 Å². The summed E-state index contributed by atoms with van der Waals surface area (Å²) in [5, 5.41) is 7.40. The number of piperazine rings is 1. The van der Waals surface area contributed by atoms with Crippen LogP contribution in [0.3, 0.4) is 0 Å². The number of aromatic nitrogens is 2. The highest BCUT2D eigenvalue weighted by atomic mass is 19.1. The molecule has 1 aliphatic rings. The molecule has 0 saturated carbocycles. The number of nitrogens with zero attached hydrogens (tertiary/aromatic N) is 5. The third-order valence-electron chi connectivity index (χ3n) is 5.11. The summed E-state index contributed by atoms with van der Waals surface area (Å²) >= 11 is 0. The number of nitrogens with one attached hydrogen (secondary N) is 1. The molecule has 170 valence electrons. The van der Waals surface area contributed by atoms with Crippen LogP contribution in [0.25, 0.3) is 0 Å². The van der Waals surface area contributed by atoms with Gasteiger partial charge >= 0.3 is 0 Å². The second kappa shape index (κ2) is 10.1. The standard InChI is InChI=1S/C22H33FN6O2/c1-6-24-21(25-14-19-26-20(31-27-19)22(2,3)4)29-11-9-28(10-12-29)15-16-7-8-18(30-5)17(23)13-16/h7-8,13H,6,9-12,14-15H2,1-5H3,(H,24,25). The topological polar surface area (TPSA) is 79.0 Å². The first-order valence-corrected chi connectivity index (χ1v) is 10.7. The lowest BCUT2D eigenvalue weighted by molar-refractivity contribution is 0.172. The Kier molecular flexibility index (Phi) is 7.48. The molecule has 31 heavy (non-hydrogen) atoms. The third kappa shape index (κ3) is 6.16. The zero-order valence-corrected chi connectivity index (χ0v) is 19.1. The Labute approximate surface area is 183 Å². The Morgan fingerprint density at radius 3 is 2.58 bits per heavy atom. The molecule has 1 aliphatic heterocycles. The lowest BCUT2D eigenvalue weighted by Gasteiger charge is -2.36. The monoisotopic (exact) mass is 432 g/mol. The molecule has 2 aromatic rings. The maximum atomic E-state index is 14.0. The van der Waals surface area contributed by atoms with Gasteiger partial charge in [0.2, 0.25) is 5.89 Å². The van der Waals surface area contributed by atoms with Crippen LogP contribution in [0.5, 0.6) is 5.75 Å². The Morgan fingerprint density at radius 1 is 1.26 bits per heavy atom. The fraction of sp³-hybridized carbons (Fsp3) is 0.591. The van der Waals surface area contributed by atoms with E-state index in [1.807, 2.05) is 26.8 Å². The van der Waals surface area contributed by atoms with Gasteiger partial charge in [-0.2, -0.15) is 4.98 Å². The Hall–Kier alpha value is -2.68. The molecule has 1 aromatic carbocycles. The number of methoxy groups -OCH3 is 1. The number of hydrogen-bond donors (Lipinski definition) is 1. The van der Waals surface area contributed by atoms with Crippen molar-refractivity contribution in [3.63, 3.8) is 0 Å². The Morgan fingerprint density at radius 2 is 2.00 bits per heavy atom. The number of guanidine groups is 1. The highest BCUT2D eigenvalue weighted by Gasteiger charge is 2.23. The molecule has 0 bridgehead atoms. The van der Waals surface area contributed by atoms with Crippen molar-refractivity contribution >= 4 is 5.96 Å². The predicted octanol–water partition coefficient (Wildman–Crippen LogP) is 2.80. The highest BCUT2D eigenvalue weighted by molar-refractivity contribution is 5.80. The van der Waals surface area contributed by atoms with Gasteiger partial charge in [-0.1, -0.05) is 32.0 Å². The molecule has 1 saturated heterocycles. The molecule has 2 heterocycles. The SMILES string of the molecule is CCNC(=NCc1noc(C(C)(C)C)n1)N1CCN(Cc2ccc(OC)c(F)c2)CC1. The number of hydrogen-bond acceptors (Lipinski definition) is 6. The quantitative estimate of drug-likeness (QED) is 0.555. The van der Waals surface area contributed by atoms with Crippen LogP contribution >= 0.6 is 0 Å². The zero-order valence-electron chi connectivity index (χ0n) is 19.1. The lowest BCUT2D eigenvalue weighted by Crippen LogP contribution is -2.52. The number of aliphatic imine (C=N–C) groups is 1. The highest BCUT2D eigenvalue weighted by Crippen LogP contribution is 2.20. The lowest BCUT2D eigenvalue weighted by atomic mass is 9.97. The number of benzene rings is 1. The second-order valence-corrected chi connectivity index (χ2v) is 8.67. The van der Waals surface area contributed by atoms with Gasteiger partial charge in [-0.05, 0) is 24.6 Å². The smallest absolute Gasteiger partial charge is 0.232 e. The van der Waals surface area contributed by atoms with Gasteiger partial charge in [-0.3, -0.25) is 4.90 Å². The van der Waals surface area contributed by atoms with Gasteiger partial charge in [0, 0.05) is 44.7 Å². The van der Waals surface area contributed by atoms with E-state index in [1.165, 1.54) is 7.11 Å². The van der Waals surface area contributed by atoms with Crippen LogP contribution in [0.1, 0.15) is 45.0 Å². The molecule has 1 aromatic heterocycles. The fourth-order valence-corrected chi connectivity index (χ4v) is 3.38. The molecule has 0 aliphatic carbocycles. The molecule has 3 rings (SSSR count). The molecular weight excluding hydrogens is 399 g/mol. The molecule has 9 heteroatoms. The van der Waals surface area contributed by atoms with Crippen LogP contribution in [0.4, 0.5) is 4.39 Å². The van der Waals surface area contributed by atoms with Crippen molar-refractivity contribution in [2.75, 3.05) is 39.8 Å². The van der Waals surface area contributed by atoms with Crippen molar-refractivity contribution in [1.29, 1.82) is 0 Å². The van der Waals surface area contributed by atoms with E-state index in [-0.39, 0.29) is 17.0 Å². The summed E-state index contributed by atoms with van der Waals surface area (Å²) in [6.45, 7) is 13.4. The first-order valence-electron chi connectivity index (χ1n) is 10.7. The molecule has 1 N–H and O–H groups in total. The minimum absolute atomic E-state index is 0.178. The van der Waals surface area contributed by atoms with Gasteiger partial charge in [0.1, 0.15) is 6.54 Å². The molecule has 0 radical (unpaired) electrons. The number of ether oxygens (including phenoxy) is 1. The van der Waals surface area contributed by atoms with Gasteiger partial charge in [0.15, 0.2) is 23.4 Å². The summed E-state index contributed by atoms with van der Waals surface area (Å²) in [6.07, 6.45) is 0. The van der Waals surface area contributed by atoms with Crippen LogP contribution in [0.15, 0.2) is 27.7 Å². The minimum Gasteiger partial charge on any atom is -0.494 e. The van der Waals surface area contributed by atoms with Crippen LogP contribution in [-0.2, 0) is 18.5 Å². The molecule has 8 nitrogen and oxygen atoms in total. The molecule has 0 amide bonds. The third-order valence-corrected chi connectivity index (χ3v) is 5.11. The first-order chi connectivity index (χ1) is 14.8. The summed E-state index contributed by atoms with van der Waals surface area (Å²) in [6, 6.07) is 5.14. The van der Waals surface area contributed by atoms with Crippen molar-refractivity contribution in [1.82, 2.24) is 25.3 Å². The largest absolute Gasteiger partial charge is 0.494 e. The van der Waals surface area contributed by atoms with Gasteiger partial charge in [-0.15, -0.1) is 0 Å². The van der Waals surface area contributed by atoms with Crippen LogP contribution in [-0.4, -0.2) is 65.7 Å². The van der Waals surface area contributed by atoms with E-state index in [1.54, 1.807) is 12.1 Å². The van der Waals surface area contributed by atoms with E-state index >= 15 is 0 Å². The number of halogens is 1. The van der Waals surface area contributed by atoms with Gasteiger partial charge in [0.05, 0.1) is 7.11 Å². The van der Waals surface area contributed by atoms with E-state index in [2.05, 4.69) is 32.2 Å². The summed E-state index contributed by atoms with van der Waals surface area (Å²) in [5.74, 6) is 2.00. The van der Waals surface area contributed by atoms with Crippen LogP contribution in [0, 0.1) is 5.82 Å². The predicted molar refractivity (Wildman–Crippen MR) is 118 cm³/mol. The van der Waals surface area contributed by atoms with Crippen molar-refractivity contribution < 1.29 is 13.7 Å². The van der Waals surface area contributed by atoms with Crippen LogP contribution < -0.4 is 10.1 Å².